The Labute approximate surface area is 72.4 Å². The van der Waals surface area contributed by atoms with Gasteiger partial charge in [0, 0.05) is 7.11 Å². The molecule has 0 N–H and O–H groups in total. The molecule has 0 aromatic carbocycles. The van der Waals surface area contributed by atoms with Gasteiger partial charge in [-0.05, 0) is 18.1 Å². The minimum Gasteiger partial charge on any atom is -0.352 e. The van der Waals surface area contributed by atoms with Gasteiger partial charge in [-0.1, -0.05) is 13.8 Å². The smallest absolute Gasteiger partial charge is 0.184 e. The zero-order valence-electron chi connectivity index (χ0n) is 7.61. The summed E-state index contributed by atoms with van der Waals surface area (Å²) in [6, 6.07) is 0. The standard InChI is InChI=1S/C9H14O3/c1-6(2)9-7(10)4-5-8(11-3)12-9/h4-6,8-9H,1-3H3/t8-,9-/m0/s1. The fourth-order valence-corrected chi connectivity index (χ4v) is 1.14. The van der Waals surface area contributed by atoms with Gasteiger partial charge in [-0.2, -0.15) is 0 Å². The van der Waals surface area contributed by atoms with Crippen molar-refractivity contribution in [3.63, 3.8) is 0 Å². The fourth-order valence-electron chi connectivity index (χ4n) is 1.14. The molecule has 0 saturated carbocycles. The predicted octanol–water partition coefficient (Wildman–Crippen LogP) is 1.14. The molecule has 0 aromatic rings. The van der Waals surface area contributed by atoms with Crippen LogP contribution < -0.4 is 0 Å². The average Bonchev–Trinajstić information content (AvgIpc) is 2.05. The molecule has 1 heterocycles. The summed E-state index contributed by atoms with van der Waals surface area (Å²) in [6.07, 6.45) is 2.44. The van der Waals surface area contributed by atoms with Gasteiger partial charge in [-0.15, -0.1) is 0 Å². The van der Waals surface area contributed by atoms with E-state index < -0.39 is 0 Å². The van der Waals surface area contributed by atoms with Gasteiger partial charge in [0.05, 0.1) is 0 Å². The first kappa shape index (κ1) is 9.42. The molecule has 0 aromatic heterocycles. The average molecular weight is 170 g/mol. The van der Waals surface area contributed by atoms with Crippen molar-refractivity contribution in [3.8, 4) is 0 Å². The van der Waals surface area contributed by atoms with Gasteiger partial charge >= 0.3 is 0 Å². The van der Waals surface area contributed by atoms with Gasteiger partial charge in [0.2, 0.25) is 0 Å². The largest absolute Gasteiger partial charge is 0.352 e. The molecular weight excluding hydrogens is 156 g/mol. The van der Waals surface area contributed by atoms with Crippen LogP contribution in [0.2, 0.25) is 0 Å². The minimum absolute atomic E-state index is 0.0262. The molecule has 1 rings (SSSR count). The van der Waals surface area contributed by atoms with E-state index in [-0.39, 0.29) is 24.1 Å². The molecule has 1 aliphatic heterocycles. The second-order valence-corrected chi connectivity index (χ2v) is 3.17. The van der Waals surface area contributed by atoms with Crippen LogP contribution in [0.4, 0.5) is 0 Å². The summed E-state index contributed by atoms with van der Waals surface area (Å²) < 4.78 is 10.3. The van der Waals surface area contributed by atoms with E-state index in [4.69, 9.17) is 9.47 Å². The Hall–Kier alpha value is -0.670. The van der Waals surface area contributed by atoms with E-state index in [1.165, 1.54) is 6.08 Å². The molecule has 0 spiro atoms. The summed E-state index contributed by atoms with van der Waals surface area (Å²) in [5, 5.41) is 0. The molecule has 0 radical (unpaired) electrons. The zero-order valence-corrected chi connectivity index (χ0v) is 7.61. The number of ether oxygens (including phenoxy) is 2. The maximum atomic E-state index is 11.2. The maximum absolute atomic E-state index is 11.2. The van der Waals surface area contributed by atoms with E-state index in [1.54, 1.807) is 13.2 Å². The van der Waals surface area contributed by atoms with Crippen molar-refractivity contribution in [1.82, 2.24) is 0 Å². The maximum Gasteiger partial charge on any atom is 0.184 e. The third kappa shape index (κ3) is 1.93. The number of carbonyl (C=O) groups is 1. The summed E-state index contributed by atoms with van der Waals surface area (Å²) >= 11 is 0. The van der Waals surface area contributed by atoms with Crippen LogP contribution in [-0.2, 0) is 14.3 Å². The first-order valence-electron chi connectivity index (χ1n) is 4.05. The monoisotopic (exact) mass is 170 g/mol. The van der Waals surface area contributed by atoms with E-state index in [2.05, 4.69) is 0 Å². The van der Waals surface area contributed by atoms with E-state index >= 15 is 0 Å². The highest BCUT2D eigenvalue weighted by atomic mass is 16.7. The van der Waals surface area contributed by atoms with E-state index in [0.29, 0.717) is 0 Å². The molecule has 0 bridgehead atoms. The van der Waals surface area contributed by atoms with Crippen LogP contribution in [0.1, 0.15) is 13.8 Å². The molecule has 0 unspecified atom stereocenters. The Kier molecular flexibility index (Phi) is 3.00. The summed E-state index contributed by atoms with van der Waals surface area (Å²) in [7, 11) is 1.56. The van der Waals surface area contributed by atoms with Crippen molar-refractivity contribution in [2.75, 3.05) is 7.11 Å². The highest BCUT2D eigenvalue weighted by Gasteiger charge is 2.27. The van der Waals surface area contributed by atoms with Gasteiger partial charge in [0.25, 0.3) is 0 Å². The molecule has 3 nitrogen and oxygen atoms in total. The predicted molar refractivity (Wildman–Crippen MR) is 44.7 cm³/mol. The van der Waals surface area contributed by atoms with Crippen LogP contribution in [0.5, 0.6) is 0 Å². The zero-order chi connectivity index (χ0) is 9.14. The normalized spacial score (nSPS) is 29.8. The van der Waals surface area contributed by atoms with Crippen LogP contribution in [0, 0.1) is 5.92 Å². The summed E-state index contributed by atoms with van der Waals surface area (Å²) in [5.74, 6) is 0.221. The van der Waals surface area contributed by atoms with Crippen molar-refractivity contribution in [1.29, 1.82) is 0 Å². The van der Waals surface area contributed by atoms with Gasteiger partial charge in [-0.3, -0.25) is 4.79 Å². The van der Waals surface area contributed by atoms with E-state index in [9.17, 15) is 4.79 Å². The van der Waals surface area contributed by atoms with Crippen molar-refractivity contribution in [2.24, 2.45) is 5.92 Å². The number of methoxy groups -OCH3 is 1. The van der Waals surface area contributed by atoms with Gasteiger partial charge in [-0.25, -0.2) is 0 Å². The Bertz CT molecular complexity index is 196. The molecule has 0 fully saturated rings. The van der Waals surface area contributed by atoms with E-state index in [0.717, 1.165) is 0 Å². The van der Waals surface area contributed by atoms with Crippen molar-refractivity contribution in [3.05, 3.63) is 12.2 Å². The highest BCUT2D eigenvalue weighted by molar-refractivity contribution is 5.94. The molecule has 1 aliphatic rings. The molecule has 68 valence electrons. The topological polar surface area (TPSA) is 35.5 Å². The minimum atomic E-state index is -0.366. The van der Waals surface area contributed by atoms with Crippen molar-refractivity contribution in [2.45, 2.75) is 26.2 Å². The Balaban J connectivity index is 2.66. The number of hydrogen-bond acceptors (Lipinski definition) is 3. The number of hydrogen-bond donors (Lipinski definition) is 0. The lowest BCUT2D eigenvalue weighted by molar-refractivity contribution is -0.161. The summed E-state index contributed by atoms with van der Waals surface area (Å²) in [5.41, 5.74) is 0. The molecule has 0 saturated heterocycles. The van der Waals surface area contributed by atoms with Crippen molar-refractivity contribution < 1.29 is 14.3 Å². The van der Waals surface area contributed by atoms with Gasteiger partial charge in [0.15, 0.2) is 12.1 Å². The first-order chi connectivity index (χ1) is 5.65. The molecule has 2 atom stereocenters. The highest BCUT2D eigenvalue weighted by Crippen LogP contribution is 2.16. The quantitative estimate of drug-likeness (QED) is 0.623. The number of carbonyl (C=O) groups excluding carboxylic acids is 1. The fraction of sp³-hybridized carbons (Fsp3) is 0.667. The second kappa shape index (κ2) is 3.83. The van der Waals surface area contributed by atoms with Crippen LogP contribution >= 0.6 is 0 Å². The number of ketones is 1. The van der Waals surface area contributed by atoms with Crippen LogP contribution in [0.15, 0.2) is 12.2 Å². The van der Waals surface area contributed by atoms with Crippen LogP contribution in [0.25, 0.3) is 0 Å². The van der Waals surface area contributed by atoms with Gasteiger partial charge in [0.1, 0.15) is 6.10 Å². The molecule has 3 heteroatoms. The lowest BCUT2D eigenvalue weighted by Crippen LogP contribution is -2.36. The third-order valence-corrected chi connectivity index (χ3v) is 1.82. The Morgan fingerprint density at radius 1 is 1.58 bits per heavy atom. The molecular formula is C9H14O3. The SMILES string of the molecule is CO[C@@H]1C=CC(=O)[C@H](C(C)C)O1. The Morgan fingerprint density at radius 2 is 2.25 bits per heavy atom. The van der Waals surface area contributed by atoms with Crippen LogP contribution in [0.3, 0.4) is 0 Å². The lowest BCUT2D eigenvalue weighted by Gasteiger charge is -2.26. The lowest BCUT2D eigenvalue weighted by atomic mass is 10.0. The van der Waals surface area contributed by atoms with Crippen molar-refractivity contribution >= 4 is 5.78 Å². The van der Waals surface area contributed by atoms with Crippen LogP contribution in [-0.4, -0.2) is 25.3 Å². The number of rotatable bonds is 2. The summed E-state index contributed by atoms with van der Waals surface area (Å²) in [4.78, 5) is 11.2. The first-order valence-corrected chi connectivity index (χ1v) is 4.05. The second-order valence-electron chi connectivity index (χ2n) is 3.17. The summed E-state index contributed by atoms with van der Waals surface area (Å²) in [6.45, 7) is 3.91. The van der Waals surface area contributed by atoms with E-state index in [1.807, 2.05) is 13.8 Å². The van der Waals surface area contributed by atoms with Gasteiger partial charge < -0.3 is 9.47 Å². The third-order valence-electron chi connectivity index (χ3n) is 1.82. The molecule has 0 aliphatic carbocycles. The molecule has 0 amide bonds. The Morgan fingerprint density at radius 3 is 2.75 bits per heavy atom. The molecule has 12 heavy (non-hydrogen) atoms.